The summed E-state index contributed by atoms with van der Waals surface area (Å²) in [6.45, 7) is 7.10. The van der Waals surface area contributed by atoms with Crippen LogP contribution in [0.2, 0.25) is 0 Å². The molecule has 0 spiro atoms. The third-order valence-corrected chi connectivity index (χ3v) is 1.13. The normalized spacial score (nSPS) is 8.00. The van der Waals surface area contributed by atoms with Gasteiger partial charge in [-0.05, 0) is 12.8 Å². The minimum atomic E-state index is -1.08. The highest BCUT2D eigenvalue weighted by molar-refractivity contribution is 5.75. The second kappa shape index (κ2) is 11.4. The van der Waals surface area contributed by atoms with Gasteiger partial charge in [0.15, 0.2) is 0 Å². The minimum Gasteiger partial charge on any atom is -0.481 e. The van der Waals surface area contributed by atoms with Crippen LogP contribution in [0, 0.1) is 0 Å². The Morgan fingerprint density at radius 2 is 1.21 bits per heavy atom. The first-order chi connectivity index (χ1) is 6.54. The molecule has 0 aliphatic heterocycles. The predicted octanol–water partition coefficient (Wildman–Crippen LogP) is 2.07. The molecule has 0 radical (unpaired) electrons. The van der Waals surface area contributed by atoms with Gasteiger partial charge in [0.05, 0.1) is 12.8 Å². The fourth-order valence-corrected chi connectivity index (χ4v) is 0.450. The molecule has 14 heavy (non-hydrogen) atoms. The number of unbranched alkanes of at least 4 members (excludes halogenated alkanes) is 1. The van der Waals surface area contributed by atoms with E-state index in [4.69, 9.17) is 10.2 Å². The van der Waals surface area contributed by atoms with E-state index in [1.165, 1.54) is 0 Å². The van der Waals surface area contributed by atoms with E-state index < -0.39 is 11.9 Å². The molecule has 0 amide bonds. The lowest BCUT2D eigenvalue weighted by atomic mass is 10.3. The fourth-order valence-electron chi connectivity index (χ4n) is 0.450. The molecule has 0 rings (SSSR count). The molecule has 4 heteroatoms. The Balaban J connectivity index is 0. The molecule has 0 atom stereocenters. The highest BCUT2D eigenvalue weighted by Crippen LogP contribution is 1.86. The number of carboxylic acid groups (broad SMARTS) is 2. The monoisotopic (exact) mass is 200 g/mol. The van der Waals surface area contributed by atoms with E-state index in [9.17, 15) is 9.59 Å². The summed E-state index contributed by atoms with van der Waals surface area (Å²) in [6, 6.07) is 0. The maximum atomic E-state index is 9.64. The van der Waals surface area contributed by atoms with Crippen LogP contribution in [-0.2, 0) is 9.59 Å². The number of hydrogen-bond acceptors (Lipinski definition) is 2. The second-order valence-corrected chi connectivity index (χ2v) is 2.44. The summed E-state index contributed by atoms with van der Waals surface area (Å²) in [5.74, 6) is -2.15. The molecular formula is C10H16O4. The van der Waals surface area contributed by atoms with Gasteiger partial charge in [-0.15, -0.1) is 13.2 Å². The first-order valence-corrected chi connectivity index (χ1v) is 4.20. The van der Waals surface area contributed by atoms with Crippen LogP contribution in [0.15, 0.2) is 25.3 Å². The van der Waals surface area contributed by atoms with Crippen molar-refractivity contribution in [3.05, 3.63) is 25.3 Å². The lowest BCUT2D eigenvalue weighted by Gasteiger charge is -1.85. The molecule has 4 nitrogen and oxygen atoms in total. The number of carboxylic acids is 2. The van der Waals surface area contributed by atoms with Crippen LogP contribution in [-0.4, -0.2) is 22.2 Å². The number of carbonyl (C=O) groups is 2. The Hall–Kier alpha value is -1.58. The van der Waals surface area contributed by atoms with Gasteiger partial charge in [-0.3, -0.25) is 9.59 Å². The SMILES string of the molecule is C=CCCC=C.O=C(O)CCC(=O)O. The predicted molar refractivity (Wildman–Crippen MR) is 54.1 cm³/mol. The van der Waals surface area contributed by atoms with Crippen molar-refractivity contribution in [2.75, 3.05) is 0 Å². The summed E-state index contributed by atoms with van der Waals surface area (Å²) in [4.78, 5) is 19.3. The van der Waals surface area contributed by atoms with Gasteiger partial charge in [0, 0.05) is 0 Å². The standard InChI is InChI=1S/C6H10.C4H6O4/c1-3-5-6-4-2;5-3(6)1-2-4(7)8/h3-4H,1-2,5-6H2;1-2H2,(H,5,6)(H,7,8). The molecule has 0 heterocycles. The van der Waals surface area contributed by atoms with Gasteiger partial charge in [-0.2, -0.15) is 0 Å². The quantitative estimate of drug-likeness (QED) is 0.508. The van der Waals surface area contributed by atoms with Crippen molar-refractivity contribution < 1.29 is 19.8 Å². The first kappa shape index (κ1) is 14.9. The molecule has 80 valence electrons. The lowest BCUT2D eigenvalue weighted by Crippen LogP contribution is -2.00. The van der Waals surface area contributed by atoms with Crippen LogP contribution in [0.25, 0.3) is 0 Å². The van der Waals surface area contributed by atoms with Crippen LogP contribution >= 0.6 is 0 Å². The van der Waals surface area contributed by atoms with E-state index in [-0.39, 0.29) is 12.8 Å². The van der Waals surface area contributed by atoms with Crippen molar-refractivity contribution >= 4 is 11.9 Å². The molecule has 0 aliphatic carbocycles. The highest BCUT2D eigenvalue weighted by Gasteiger charge is 2.00. The van der Waals surface area contributed by atoms with Gasteiger partial charge in [-0.1, -0.05) is 12.2 Å². The topological polar surface area (TPSA) is 74.6 Å². The van der Waals surface area contributed by atoms with Crippen molar-refractivity contribution in [2.24, 2.45) is 0 Å². The van der Waals surface area contributed by atoms with Gasteiger partial charge in [0.25, 0.3) is 0 Å². The highest BCUT2D eigenvalue weighted by atomic mass is 16.4. The van der Waals surface area contributed by atoms with E-state index in [2.05, 4.69) is 13.2 Å². The molecule has 0 aromatic carbocycles. The van der Waals surface area contributed by atoms with Crippen LogP contribution < -0.4 is 0 Å². The number of aliphatic carboxylic acids is 2. The Bertz CT molecular complexity index is 174. The molecule has 0 saturated carbocycles. The van der Waals surface area contributed by atoms with E-state index in [0.717, 1.165) is 12.8 Å². The second-order valence-electron chi connectivity index (χ2n) is 2.44. The van der Waals surface area contributed by atoms with Crippen molar-refractivity contribution in [2.45, 2.75) is 25.7 Å². The van der Waals surface area contributed by atoms with Gasteiger partial charge >= 0.3 is 11.9 Å². The largest absolute Gasteiger partial charge is 0.481 e. The Labute approximate surface area is 83.6 Å². The average molecular weight is 200 g/mol. The summed E-state index contributed by atoms with van der Waals surface area (Å²) < 4.78 is 0. The van der Waals surface area contributed by atoms with Gasteiger partial charge < -0.3 is 10.2 Å². The average Bonchev–Trinajstić information content (AvgIpc) is 2.12. The Morgan fingerprint density at radius 1 is 0.929 bits per heavy atom. The fraction of sp³-hybridized carbons (Fsp3) is 0.400. The summed E-state index contributed by atoms with van der Waals surface area (Å²) in [7, 11) is 0. The van der Waals surface area contributed by atoms with Crippen molar-refractivity contribution in [3.63, 3.8) is 0 Å². The first-order valence-electron chi connectivity index (χ1n) is 4.20. The molecule has 0 aromatic rings. The van der Waals surface area contributed by atoms with Crippen molar-refractivity contribution in [3.8, 4) is 0 Å². The summed E-state index contributed by atoms with van der Waals surface area (Å²) in [5.41, 5.74) is 0. The molecule has 2 N–H and O–H groups in total. The molecule has 0 saturated heterocycles. The number of hydrogen-bond donors (Lipinski definition) is 2. The molecule has 0 unspecified atom stereocenters. The van der Waals surface area contributed by atoms with Gasteiger partial charge in [0.1, 0.15) is 0 Å². The zero-order valence-electron chi connectivity index (χ0n) is 8.11. The molecule has 0 aliphatic rings. The van der Waals surface area contributed by atoms with E-state index in [0.29, 0.717) is 0 Å². The summed E-state index contributed by atoms with van der Waals surface area (Å²) >= 11 is 0. The molecule has 0 bridgehead atoms. The van der Waals surface area contributed by atoms with Crippen molar-refractivity contribution in [1.29, 1.82) is 0 Å². The van der Waals surface area contributed by atoms with Crippen LogP contribution in [0.4, 0.5) is 0 Å². The van der Waals surface area contributed by atoms with Crippen LogP contribution in [0.1, 0.15) is 25.7 Å². The van der Waals surface area contributed by atoms with Gasteiger partial charge in [0.2, 0.25) is 0 Å². The van der Waals surface area contributed by atoms with Crippen LogP contribution in [0.5, 0.6) is 0 Å². The number of rotatable bonds is 6. The maximum Gasteiger partial charge on any atom is 0.303 e. The van der Waals surface area contributed by atoms with Crippen LogP contribution in [0.3, 0.4) is 0 Å². The van der Waals surface area contributed by atoms with E-state index in [1.807, 2.05) is 12.2 Å². The van der Waals surface area contributed by atoms with Gasteiger partial charge in [-0.25, -0.2) is 0 Å². The Kier molecular flexibility index (Phi) is 12.2. The minimum absolute atomic E-state index is 0.296. The lowest BCUT2D eigenvalue weighted by molar-refractivity contribution is -0.143. The third-order valence-electron chi connectivity index (χ3n) is 1.13. The zero-order valence-corrected chi connectivity index (χ0v) is 8.11. The maximum absolute atomic E-state index is 9.64. The van der Waals surface area contributed by atoms with Crippen molar-refractivity contribution in [1.82, 2.24) is 0 Å². The zero-order chi connectivity index (χ0) is 11.4. The summed E-state index contributed by atoms with van der Waals surface area (Å²) in [6.07, 6.45) is 5.31. The summed E-state index contributed by atoms with van der Waals surface area (Å²) in [5, 5.41) is 15.8. The number of allylic oxidation sites excluding steroid dienone is 2. The van der Waals surface area contributed by atoms with E-state index >= 15 is 0 Å². The third kappa shape index (κ3) is 22.4. The van der Waals surface area contributed by atoms with E-state index in [1.54, 1.807) is 0 Å². The molecule has 0 aromatic heterocycles. The Morgan fingerprint density at radius 3 is 1.36 bits per heavy atom. The smallest absolute Gasteiger partial charge is 0.303 e. The molecule has 0 fully saturated rings. The molecular weight excluding hydrogens is 184 g/mol.